The molecule has 0 atom stereocenters. The Bertz CT molecular complexity index is 1110. The number of piperidine rings is 1. The number of rotatable bonds is 5. The van der Waals surface area contributed by atoms with E-state index in [9.17, 15) is 18.0 Å². The van der Waals surface area contributed by atoms with Crippen molar-refractivity contribution < 1.29 is 18.0 Å². The predicted octanol–water partition coefficient (Wildman–Crippen LogP) is 2.00. The van der Waals surface area contributed by atoms with E-state index in [1.807, 2.05) is 0 Å². The first kappa shape index (κ1) is 22.5. The molecule has 1 saturated heterocycles. The van der Waals surface area contributed by atoms with E-state index in [1.165, 1.54) is 28.6 Å². The van der Waals surface area contributed by atoms with E-state index in [2.05, 4.69) is 22.5 Å². The van der Waals surface area contributed by atoms with E-state index in [0.29, 0.717) is 29.8 Å². The van der Waals surface area contributed by atoms with Gasteiger partial charge in [-0.2, -0.15) is 4.31 Å². The molecular formula is C23H25N3O4S. The number of benzene rings is 2. The van der Waals surface area contributed by atoms with Crippen molar-refractivity contribution in [1.29, 1.82) is 0 Å². The van der Waals surface area contributed by atoms with Crippen LogP contribution < -0.4 is 10.6 Å². The van der Waals surface area contributed by atoms with Crippen LogP contribution in [-0.4, -0.2) is 51.2 Å². The van der Waals surface area contributed by atoms with E-state index >= 15 is 0 Å². The molecule has 1 aliphatic heterocycles. The number of hydrogen-bond donors (Lipinski definition) is 2. The smallest absolute Gasteiger partial charge is 0.252 e. The van der Waals surface area contributed by atoms with Crippen LogP contribution in [0.5, 0.6) is 0 Å². The summed E-state index contributed by atoms with van der Waals surface area (Å²) in [6.45, 7) is 1.16. The minimum absolute atomic E-state index is 0.0920. The van der Waals surface area contributed by atoms with Crippen molar-refractivity contribution >= 4 is 21.8 Å². The molecule has 2 amide bonds. The molecule has 0 saturated carbocycles. The molecule has 1 fully saturated rings. The van der Waals surface area contributed by atoms with Gasteiger partial charge in [0.2, 0.25) is 10.0 Å². The van der Waals surface area contributed by atoms with Crippen molar-refractivity contribution in [3.05, 3.63) is 65.2 Å². The third-order valence-electron chi connectivity index (χ3n) is 5.03. The molecule has 0 aliphatic carbocycles. The number of nitrogens with zero attached hydrogens (tertiary/aromatic N) is 1. The zero-order chi connectivity index (χ0) is 22.3. The molecule has 0 bridgehead atoms. The van der Waals surface area contributed by atoms with Gasteiger partial charge in [-0.1, -0.05) is 30.4 Å². The highest BCUT2D eigenvalue weighted by atomic mass is 32.2. The van der Waals surface area contributed by atoms with Crippen LogP contribution in [0.25, 0.3) is 0 Å². The molecule has 8 heteroatoms. The van der Waals surface area contributed by atoms with Gasteiger partial charge in [0.25, 0.3) is 11.8 Å². The quantitative estimate of drug-likeness (QED) is 0.697. The molecule has 31 heavy (non-hydrogen) atoms. The maximum atomic E-state index is 12.7. The monoisotopic (exact) mass is 439 g/mol. The largest absolute Gasteiger partial charge is 0.355 e. The number of sulfonamides is 1. The van der Waals surface area contributed by atoms with Gasteiger partial charge in [0, 0.05) is 31.3 Å². The minimum atomic E-state index is -3.52. The van der Waals surface area contributed by atoms with Crippen LogP contribution in [0.15, 0.2) is 53.4 Å². The van der Waals surface area contributed by atoms with Crippen molar-refractivity contribution in [3.63, 3.8) is 0 Å². The fraction of sp³-hybridized carbons (Fsp3) is 0.304. The number of carbonyl (C=O) groups excluding carboxylic acids is 2. The van der Waals surface area contributed by atoms with Crippen molar-refractivity contribution in [1.82, 2.24) is 14.9 Å². The Labute approximate surface area is 182 Å². The summed E-state index contributed by atoms with van der Waals surface area (Å²) in [6.07, 6.45) is 2.79. The molecule has 0 spiro atoms. The first-order chi connectivity index (χ1) is 14.9. The lowest BCUT2D eigenvalue weighted by atomic mass is 10.1. The van der Waals surface area contributed by atoms with E-state index in [1.54, 1.807) is 31.3 Å². The van der Waals surface area contributed by atoms with Crippen LogP contribution in [0.3, 0.4) is 0 Å². The Morgan fingerprint density at radius 2 is 1.65 bits per heavy atom. The average molecular weight is 440 g/mol. The minimum Gasteiger partial charge on any atom is -0.355 e. The van der Waals surface area contributed by atoms with Gasteiger partial charge in [-0.05, 0) is 49.2 Å². The summed E-state index contributed by atoms with van der Waals surface area (Å²) in [5.74, 6) is 5.15. The topological polar surface area (TPSA) is 95.6 Å². The summed E-state index contributed by atoms with van der Waals surface area (Å²) in [5, 5.41) is 5.25. The van der Waals surface area contributed by atoms with Gasteiger partial charge < -0.3 is 10.6 Å². The molecule has 2 aromatic carbocycles. The molecule has 1 aliphatic rings. The standard InChI is InChI=1S/C23H25N3O4S/c1-24-23(28)21-10-4-3-8-18(21)9-7-15-25-22(27)19-11-13-20(14-12-19)31(29,30)26-16-5-2-6-17-26/h3-4,8,10-14H,2,5-6,15-17H2,1H3,(H,24,28)(H,25,27). The summed E-state index contributed by atoms with van der Waals surface area (Å²) >= 11 is 0. The molecule has 3 rings (SSSR count). The molecular weight excluding hydrogens is 414 g/mol. The van der Waals surface area contributed by atoms with Crippen LogP contribution in [0.1, 0.15) is 45.5 Å². The molecule has 1 heterocycles. The van der Waals surface area contributed by atoms with Crippen LogP contribution in [0.4, 0.5) is 0 Å². The highest BCUT2D eigenvalue weighted by Gasteiger charge is 2.25. The lowest BCUT2D eigenvalue weighted by Gasteiger charge is -2.25. The van der Waals surface area contributed by atoms with E-state index in [-0.39, 0.29) is 23.3 Å². The Balaban J connectivity index is 1.61. The number of hydrogen-bond acceptors (Lipinski definition) is 4. The molecule has 0 unspecified atom stereocenters. The van der Waals surface area contributed by atoms with Crippen molar-refractivity contribution in [2.45, 2.75) is 24.2 Å². The zero-order valence-electron chi connectivity index (χ0n) is 17.3. The number of amides is 2. The summed E-state index contributed by atoms with van der Waals surface area (Å²) in [6, 6.07) is 12.9. The van der Waals surface area contributed by atoms with Gasteiger partial charge in [0.1, 0.15) is 0 Å². The van der Waals surface area contributed by atoms with Crippen molar-refractivity contribution in [2.75, 3.05) is 26.7 Å². The van der Waals surface area contributed by atoms with Crippen LogP contribution in [-0.2, 0) is 10.0 Å². The second-order valence-corrected chi connectivity index (χ2v) is 9.04. The Morgan fingerprint density at radius 3 is 2.32 bits per heavy atom. The zero-order valence-corrected chi connectivity index (χ0v) is 18.2. The normalized spacial score (nSPS) is 14.2. The first-order valence-corrected chi connectivity index (χ1v) is 11.6. The summed E-state index contributed by atoms with van der Waals surface area (Å²) in [5.41, 5.74) is 1.39. The van der Waals surface area contributed by atoms with Crippen LogP contribution >= 0.6 is 0 Å². The number of carbonyl (C=O) groups is 2. The summed E-state index contributed by atoms with van der Waals surface area (Å²) in [4.78, 5) is 24.4. The third-order valence-corrected chi connectivity index (χ3v) is 6.94. The summed E-state index contributed by atoms with van der Waals surface area (Å²) < 4.78 is 26.9. The molecule has 7 nitrogen and oxygen atoms in total. The van der Waals surface area contributed by atoms with Crippen molar-refractivity contribution in [3.8, 4) is 11.8 Å². The highest BCUT2D eigenvalue weighted by molar-refractivity contribution is 7.89. The second-order valence-electron chi connectivity index (χ2n) is 7.10. The maximum Gasteiger partial charge on any atom is 0.252 e. The summed E-state index contributed by atoms with van der Waals surface area (Å²) in [7, 11) is -1.97. The van der Waals surface area contributed by atoms with Gasteiger partial charge in [0.05, 0.1) is 17.0 Å². The molecule has 162 valence electrons. The highest BCUT2D eigenvalue weighted by Crippen LogP contribution is 2.20. The Morgan fingerprint density at radius 1 is 0.968 bits per heavy atom. The first-order valence-electron chi connectivity index (χ1n) is 10.1. The predicted molar refractivity (Wildman–Crippen MR) is 118 cm³/mol. The lowest BCUT2D eigenvalue weighted by Crippen LogP contribution is -2.35. The fourth-order valence-electron chi connectivity index (χ4n) is 3.32. The Kier molecular flexibility index (Phi) is 7.45. The molecule has 2 aromatic rings. The van der Waals surface area contributed by atoms with E-state index < -0.39 is 10.0 Å². The molecule has 0 aromatic heterocycles. The fourth-order valence-corrected chi connectivity index (χ4v) is 4.84. The Hall–Kier alpha value is -3.15. The van der Waals surface area contributed by atoms with Crippen LogP contribution in [0, 0.1) is 11.8 Å². The number of nitrogens with one attached hydrogen (secondary N) is 2. The molecule has 0 radical (unpaired) electrons. The van der Waals surface area contributed by atoms with E-state index in [4.69, 9.17) is 0 Å². The van der Waals surface area contributed by atoms with Gasteiger partial charge in [-0.3, -0.25) is 9.59 Å². The maximum absolute atomic E-state index is 12.7. The van der Waals surface area contributed by atoms with Gasteiger partial charge >= 0.3 is 0 Å². The van der Waals surface area contributed by atoms with Crippen LogP contribution in [0.2, 0.25) is 0 Å². The van der Waals surface area contributed by atoms with Crippen molar-refractivity contribution in [2.24, 2.45) is 0 Å². The molecule has 2 N–H and O–H groups in total. The van der Waals surface area contributed by atoms with E-state index in [0.717, 1.165) is 19.3 Å². The van der Waals surface area contributed by atoms with Gasteiger partial charge in [0.15, 0.2) is 0 Å². The average Bonchev–Trinajstić information content (AvgIpc) is 2.82. The lowest BCUT2D eigenvalue weighted by molar-refractivity contribution is 0.0952. The van der Waals surface area contributed by atoms with Gasteiger partial charge in [-0.25, -0.2) is 8.42 Å². The third kappa shape index (κ3) is 5.51. The second kappa shape index (κ2) is 10.2. The SMILES string of the molecule is CNC(=O)c1ccccc1C#CCNC(=O)c1ccc(S(=O)(=O)N2CCCCC2)cc1. The van der Waals surface area contributed by atoms with Gasteiger partial charge in [-0.15, -0.1) is 0 Å².